The van der Waals surface area contributed by atoms with Crippen LogP contribution in [0.25, 0.3) is 21.9 Å². The van der Waals surface area contributed by atoms with Crippen LogP contribution >= 0.6 is 11.3 Å². The van der Waals surface area contributed by atoms with Crippen LogP contribution in [0.15, 0.2) is 64.5 Å². The minimum Gasteiger partial charge on any atom is -0.488 e. The van der Waals surface area contributed by atoms with E-state index in [1.807, 2.05) is 44.2 Å². The van der Waals surface area contributed by atoms with Gasteiger partial charge in [0.1, 0.15) is 18.2 Å². The normalized spacial score (nSPS) is 16.0. The summed E-state index contributed by atoms with van der Waals surface area (Å²) >= 11 is 1.20. The van der Waals surface area contributed by atoms with Crippen LogP contribution in [0.5, 0.6) is 5.75 Å². The third kappa shape index (κ3) is 3.38. The molecule has 0 spiro atoms. The van der Waals surface area contributed by atoms with Crippen molar-refractivity contribution < 1.29 is 9.13 Å². The average Bonchev–Trinajstić information content (AvgIpc) is 2.96. The average molecular weight is 379 g/mol. The van der Waals surface area contributed by atoms with Gasteiger partial charge in [-0.25, -0.2) is 4.39 Å². The van der Waals surface area contributed by atoms with E-state index in [9.17, 15) is 9.18 Å². The summed E-state index contributed by atoms with van der Waals surface area (Å²) in [7, 11) is 0. The van der Waals surface area contributed by atoms with E-state index in [4.69, 9.17) is 4.74 Å². The van der Waals surface area contributed by atoms with E-state index in [-0.39, 0.29) is 10.7 Å². The molecule has 136 valence electrons. The Balaban J connectivity index is 1.95. The summed E-state index contributed by atoms with van der Waals surface area (Å²) in [6.07, 6.45) is 6.09. The number of ether oxygens (including phenoxy) is 1. The molecule has 27 heavy (non-hydrogen) atoms. The van der Waals surface area contributed by atoms with Crippen molar-refractivity contribution in [2.24, 2.45) is 0 Å². The smallest absolute Gasteiger partial charge is 0.305 e. The molecule has 3 nitrogen and oxygen atoms in total. The largest absolute Gasteiger partial charge is 0.488 e. The van der Waals surface area contributed by atoms with Crippen molar-refractivity contribution in [1.29, 1.82) is 0 Å². The highest BCUT2D eigenvalue weighted by Gasteiger charge is 2.19. The lowest BCUT2D eigenvalue weighted by Crippen LogP contribution is -1.98. The number of benzene rings is 2. The van der Waals surface area contributed by atoms with Crippen molar-refractivity contribution in [1.82, 2.24) is 4.98 Å². The summed E-state index contributed by atoms with van der Waals surface area (Å²) in [5.41, 5.74) is 5.72. The van der Waals surface area contributed by atoms with Crippen LogP contribution in [-0.2, 0) is 0 Å². The number of rotatable bonds is 2. The Hall–Kier alpha value is -2.92. The fourth-order valence-corrected chi connectivity index (χ4v) is 3.97. The first-order valence-electron chi connectivity index (χ1n) is 8.65. The Morgan fingerprint density at radius 2 is 2.07 bits per heavy atom. The molecule has 0 atom stereocenters. The number of thiazole rings is 1. The zero-order valence-corrected chi connectivity index (χ0v) is 15.8. The lowest BCUT2D eigenvalue weighted by molar-refractivity contribution is 0.350. The zero-order valence-electron chi connectivity index (χ0n) is 15.0. The molecule has 3 aromatic rings. The number of hydrogen-bond donors (Lipinski definition) is 1. The number of H-pyrrole nitrogens is 1. The second-order valence-corrected chi connectivity index (χ2v) is 7.47. The molecule has 0 amide bonds. The van der Waals surface area contributed by atoms with Gasteiger partial charge in [0.25, 0.3) is 0 Å². The van der Waals surface area contributed by atoms with Gasteiger partial charge in [0.05, 0.1) is 10.2 Å². The van der Waals surface area contributed by atoms with Crippen LogP contribution in [0.4, 0.5) is 4.39 Å². The number of hydrogen-bond acceptors (Lipinski definition) is 3. The monoisotopic (exact) mass is 379 g/mol. The number of fused-ring (bicyclic) bond motifs is 2. The Labute approximate surface area is 160 Å². The molecule has 0 radical (unpaired) electrons. The summed E-state index contributed by atoms with van der Waals surface area (Å²) in [5.74, 6) is 0.211. The number of allylic oxidation sites excluding steroid dienone is 4. The molecule has 1 aliphatic rings. The van der Waals surface area contributed by atoms with Crippen LogP contribution < -0.4 is 9.61 Å². The van der Waals surface area contributed by atoms with E-state index in [0.717, 1.165) is 38.1 Å². The van der Waals surface area contributed by atoms with Crippen molar-refractivity contribution >= 4 is 33.2 Å². The minimum absolute atomic E-state index is 0.0659. The predicted molar refractivity (Wildman–Crippen MR) is 110 cm³/mol. The molecule has 0 saturated heterocycles. The van der Waals surface area contributed by atoms with E-state index in [1.54, 1.807) is 6.07 Å². The Bertz CT molecular complexity index is 1180. The highest BCUT2D eigenvalue weighted by molar-refractivity contribution is 7.16. The standard InChI is InChI=1S/C22H18FNO2S/c1-3-4-16-13(2)12-26-20-11-15(23)6-7-17(20)18(16)9-14-5-8-21-19(10-14)24-22(25)27-21/h3-11H,12H2,1-2H3,(H,24,25)/b4-3-,18-9-. The first-order chi connectivity index (χ1) is 13.0. The molecule has 0 unspecified atom stereocenters. The number of aromatic amines is 1. The molecule has 0 bridgehead atoms. The molecule has 1 aromatic heterocycles. The Kier molecular flexibility index (Phi) is 4.54. The van der Waals surface area contributed by atoms with Gasteiger partial charge in [-0.1, -0.05) is 29.6 Å². The molecule has 2 aromatic carbocycles. The van der Waals surface area contributed by atoms with Crippen molar-refractivity contribution in [3.05, 3.63) is 86.3 Å². The summed E-state index contributed by atoms with van der Waals surface area (Å²) in [6, 6.07) is 10.5. The van der Waals surface area contributed by atoms with Crippen LogP contribution in [0.1, 0.15) is 25.0 Å². The van der Waals surface area contributed by atoms with Gasteiger partial charge in [-0.05, 0) is 66.5 Å². The van der Waals surface area contributed by atoms with Gasteiger partial charge in [-0.2, -0.15) is 0 Å². The van der Waals surface area contributed by atoms with E-state index in [2.05, 4.69) is 11.1 Å². The predicted octanol–water partition coefficient (Wildman–Crippen LogP) is 5.55. The fraction of sp³-hybridized carbons (Fsp3) is 0.136. The molecular weight excluding hydrogens is 361 g/mol. The first-order valence-corrected chi connectivity index (χ1v) is 9.47. The number of halogens is 1. The Morgan fingerprint density at radius 1 is 1.22 bits per heavy atom. The second kappa shape index (κ2) is 7.00. The maximum absolute atomic E-state index is 13.7. The fourth-order valence-electron chi connectivity index (χ4n) is 3.26. The molecule has 0 fully saturated rings. The summed E-state index contributed by atoms with van der Waals surface area (Å²) < 4.78 is 20.5. The molecule has 0 aliphatic carbocycles. The molecule has 0 saturated carbocycles. The summed E-state index contributed by atoms with van der Waals surface area (Å²) in [5, 5.41) is 0. The summed E-state index contributed by atoms with van der Waals surface area (Å²) in [4.78, 5) is 14.4. The van der Waals surface area contributed by atoms with Crippen LogP contribution in [0.3, 0.4) is 0 Å². The van der Waals surface area contributed by atoms with Crippen molar-refractivity contribution in [3.8, 4) is 5.75 Å². The Morgan fingerprint density at radius 3 is 2.89 bits per heavy atom. The lowest BCUT2D eigenvalue weighted by Gasteiger charge is -2.11. The van der Waals surface area contributed by atoms with Crippen molar-refractivity contribution in [2.75, 3.05) is 6.61 Å². The van der Waals surface area contributed by atoms with E-state index in [1.165, 1.54) is 23.5 Å². The zero-order chi connectivity index (χ0) is 19.0. The maximum Gasteiger partial charge on any atom is 0.305 e. The van der Waals surface area contributed by atoms with Gasteiger partial charge in [-0.15, -0.1) is 0 Å². The van der Waals surface area contributed by atoms with Gasteiger partial charge < -0.3 is 9.72 Å². The van der Waals surface area contributed by atoms with Crippen molar-refractivity contribution in [2.45, 2.75) is 13.8 Å². The molecule has 4 rings (SSSR count). The van der Waals surface area contributed by atoms with Crippen LogP contribution in [-0.4, -0.2) is 11.6 Å². The SMILES string of the molecule is C/C=C\C1=C(C)COc2cc(F)ccc2/C1=C\c1ccc2sc(=O)[nH]c2c1. The number of aromatic nitrogens is 1. The second-order valence-electron chi connectivity index (χ2n) is 6.45. The third-order valence-corrected chi connectivity index (χ3v) is 5.38. The highest BCUT2D eigenvalue weighted by atomic mass is 32.1. The minimum atomic E-state index is -0.322. The van der Waals surface area contributed by atoms with E-state index < -0.39 is 0 Å². The molecular formula is C22H18FNO2S. The molecule has 2 heterocycles. The van der Waals surface area contributed by atoms with Crippen LogP contribution in [0, 0.1) is 5.82 Å². The van der Waals surface area contributed by atoms with Gasteiger partial charge in [0, 0.05) is 11.6 Å². The van der Waals surface area contributed by atoms with E-state index >= 15 is 0 Å². The highest BCUT2D eigenvalue weighted by Crippen LogP contribution is 2.38. The third-order valence-electron chi connectivity index (χ3n) is 4.52. The topological polar surface area (TPSA) is 42.1 Å². The van der Waals surface area contributed by atoms with Gasteiger partial charge in [-0.3, -0.25) is 4.79 Å². The van der Waals surface area contributed by atoms with E-state index in [0.29, 0.717) is 12.4 Å². The van der Waals surface area contributed by atoms with Gasteiger partial charge in [0.2, 0.25) is 0 Å². The molecule has 1 aliphatic heterocycles. The molecule has 1 N–H and O–H groups in total. The van der Waals surface area contributed by atoms with Crippen molar-refractivity contribution in [3.63, 3.8) is 0 Å². The number of nitrogens with one attached hydrogen (secondary N) is 1. The first kappa shape index (κ1) is 17.5. The van der Waals surface area contributed by atoms with Gasteiger partial charge in [0.15, 0.2) is 0 Å². The quantitative estimate of drug-likeness (QED) is 0.634. The van der Waals surface area contributed by atoms with Gasteiger partial charge >= 0.3 is 4.87 Å². The maximum atomic E-state index is 13.7. The molecule has 5 heteroatoms. The van der Waals surface area contributed by atoms with Crippen LogP contribution in [0.2, 0.25) is 0 Å². The summed E-state index contributed by atoms with van der Waals surface area (Å²) in [6.45, 7) is 4.40. The lowest BCUT2D eigenvalue weighted by atomic mass is 9.92.